The highest BCUT2D eigenvalue weighted by Crippen LogP contribution is 2.15. The molecule has 6 nitrogen and oxygen atoms in total. The number of carbonyl (C=O) groups is 2. The van der Waals surface area contributed by atoms with Gasteiger partial charge in [0.25, 0.3) is 5.91 Å². The average Bonchev–Trinajstić information content (AvgIpc) is 3.00. The molecule has 0 spiro atoms. The lowest BCUT2D eigenvalue weighted by Gasteiger charge is -2.04. The topological polar surface area (TPSA) is 77.8 Å². The largest absolute Gasteiger partial charge is 0.486 e. The SMILES string of the molecule is CNC(=O)COC(=O)c1ccc(COc2ccc(F)cc2)o1. The molecule has 22 heavy (non-hydrogen) atoms. The van der Waals surface area contributed by atoms with E-state index < -0.39 is 11.9 Å². The number of amides is 1. The molecule has 1 aromatic heterocycles. The molecule has 1 N–H and O–H groups in total. The first kappa shape index (κ1) is 15.6. The number of ether oxygens (including phenoxy) is 2. The summed E-state index contributed by atoms with van der Waals surface area (Å²) in [6.45, 7) is -0.300. The minimum atomic E-state index is -0.739. The quantitative estimate of drug-likeness (QED) is 0.825. The van der Waals surface area contributed by atoms with Crippen LogP contribution < -0.4 is 10.1 Å². The molecule has 116 valence electrons. The predicted molar refractivity (Wildman–Crippen MR) is 73.8 cm³/mol. The predicted octanol–water partition coefficient (Wildman–Crippen LogP) is 1.90. The molecular formula is C15H14FNO5. The molecule has 0 fully saturated rings. The van der Waals surface area contributed by atoms with Crippen LogP contribution in [0.4, 0.5) is 4.39 Å². The molecule has 0 unspecified atom stereocenters. The van der Waals surface area contributed by atoms with E-state index in [-0.39, 0.29) is 24.8 Å². The van der Waals surface area contributed by atoms with E-state index in [1.807, 2.05) is 0 Å². The van der Waals surface area contributed by atoms with Crippen LogP contribution >= 0.6 is 0 Å². The van der Waals surface area contributed by atoms with Gasteiger partial charge in [-0.1, -0.05) is 0 Å². The van der Waals surface area contributed by atoms with Crippen molar-refractivity contribution < 1.29 is 27.9 Å². The van der Waals surface area contributed by atoms with Gasteiger partial charge in [-0.25, -0.2) is 9.18 Å². The minimum Gasteiger partial charge on any atom is -0.486 e. The molecular weight excluding hydrogens is 293 g/mol. The van der Waals surface area contributed by atoms with E-state index in [0.717, 1.165) is 0 Å². The summed E-state index contributed by atoms with van der Waals surface area (Å²) in [4.78, 5) is 22.6. The normalized spacial score (nSPS) is 10.1. The number of nitrogens with one attached hydrogen (secondary N) is 1. The fourth-order valence-corrected chi connectivity index (χ4v) is 1.52. The van der Waals surface area contributed by atoms with Crippen LogP contribution in [0.2, 0.25) is 0 Å². The molecule has 0 radical (unpaired) electrons. The second-order valence-electron chi connectivity index (χ2n) is 4.26. The van der Waals surface area contributed by atoms with Crippen LogP contribution in [0.3, 0.4) is 0 Å². The summed E-state index contributed by atoms with van der Waals surface area (Å²) in [5.74, 6) is -0.665. The first-order chi connectivity index (χ1) is 10.6. The lowest BCUT2D eigenvalue weighted by Crippen LogP contribution is -2.24. The van der Waals surface area contributed by atoms with Gasteiger partial charge < -0.3 is 19.2 Å². The summed E-state index contributed by atoms with van der Waals surface area (Å²) in [7, 11) is 1.44. The summed E-state index contributed by atoms with van der Waals surface area (Å²) in [5.41, 5.74) is 0. The van der Waals surface area contributed by atoms with Crippen LogP contribution in [-0.2, 0) is 16.1 Å². The zero-order valence-electron chi connectivity index (χ0n) is 11.8. The lowest BCUT2D eigenvalue weighted by molar-refractivity contribution is -0.123. The third-order valence-electron chi connectivity index (χ3n) is 2.67. The standard InChI is InChI=1S/C15H14FNO5/c1-17-14(18)9-21-15(19)13-7-6-12(22-13)8-20-11-4-2-10(16)3-5-11/h2-7H,8-9H2,1H3,(H,17,18). The number of halogens is 1. The molecule has 1 aromatic carbocycles. The van der Waals surface area contributed by atoms with Gasteiger partial charge in [-0.15, -0.1) is 0 Å². The van der Waals surface area contributed by atoms with Crippen LogP contribution in [-0.4, -0.2) is 25.5 Å². The van der Waals surface area contributed by atoms with Gasteiger partial charge in [-0.05, 0) is 36.4 Å². The number of furan rings is 1. The van der Waals surface area contributed by atoms with Crippen molar-refractivity contribution >= 4 is 11.9 Å². The molecule has 2 aromatic rings. The number of hydrogen-bond acceptors (Lipinski definition) is 5. The van der Waals surface area contributed by atoms with Crippen molar-refractivity contribution in [1.82, 2.24) is 5.32 Å². The highest BCUT2D eigenvalue weighted by Gasteiger charge is 2.14. The Bertz CT molecular complexity index is 650. The third-order valence-corrected chi connectivity index (χ3v) is 2.67. The molecule has 0 saturated heterocycles. The van der Waals surface area contributed by atoms with Crippen LogP contribution in [0.25, 0.3) is 0 Å². The van der Waals surface area contributed by atoms with Crippen molar-refractivity contribution in [3.05, 3.63) is 53.7 Å². The second-order valence-corrected chi connectivity index (χ2v) is 4.26. The van der Waals surface area contributed by atoms with Crippen molar-refractivity contribution in [2.75, 3.05) is 13.7 Å². The molecule has 7 heteroatoms. The Kier molecular flexibility index (Phi) is 5.13. The fraction of sp³-hybridized carbons (Fsp3) is 0.200. The van der Waals surface area contributed by atoms with Crippen LogP contribution in [0, 0.1) is 5.82 Å². The molecule has 1 amide bonds. The monoisotopic (exact) mass is 307 g/mol. The lowest BCUT2D eigenvalue weighted by atomic mass is 10.3. The Morgan fingerprint density at radius 2 is 1.91 bits per heavy atom. The van der Waals surface area contributed by atoms with Gasteiger partial charge in [0.1, 0.15) is 23.9 Å². The summed E-state index contributed by atoms with van der Waals surface area (Å²) in [6, 6.07) is 8.50. The molecule has 0 bridgehead atoms. The van der Waals surface area contributed by atoms with Gasteiger partial charge in [0.05, 0.1) is 0 Å². The van der Waals surface area contributed by atoms with Gasteiger partial charge >= 0.3 is 5.97 Å². The van der Waals surface area contributed by atoms with E-state index in [4.69, 9.17) is 13.9 Å². The number of esters is 1. The maximum Gasteiger partial charge on any atom is 0.374 e. The van der Waals surface area contributed by atoms with Gasteiger partial charge in [0.15, 0.2) is 6.61 Å². The first-order valence-corrected chi connectivity index (χ1v) is 6.43. The van der Waals surface area contributed by atoms with Crippen molar-refractivity contribution in [3.63, 3.8) is 0 Å². The highest BCUT2D eigenvalue weighted by atomic mass is 19.1. The Balaban J connectivity index is 1.86. The Morgan fingerprint density at radius 3 is 2.59 bits per heavy atom. The van der Waals surface area contributed by atoms with Crippen molar-refractivity contribution in [3.8, 4) is 5.75 Å². The zero-order valence-corrected chi connectivity index (χ0v) is 11.8. The van der Waals surface area contributed by atoms with E-state index in [2.05, 4.69) is 5.32 Å². The Hall–Kier alpha value is -2.83. The molecule has 1 heterocycles. The zero-order chi connectivity index (χ0) is 15.9. The molecule has 0 aliphatic carbocycles. The second kappa shape index (κ2) is 7.26. The van der Waals surface area contributed by atoms with Gasteiger partial charge in [0.2, 0.25) is 5.76 Å². The van der Waals surface area contributed by atoms with Crippen molar-refractivity contribution in [1.29, 1.82) is 0 Å². The van der Waals surface area contributed by atoms with Crippen LogP contribution in [0.15, 0.2) is 40.8 Å². The smallest absolute Gasteiger partial charge is 0.374 e. The Morgan fingerprint density at radius 1 is 1.18 bits per heavy atom. The number of hydrogen-bond donors (Lipinski definition) is 1. The van der Waals surface area contributed by atoms with Crippen molar-refractivity contribution in [2.24, 2.45) is 0 Å². The van der Waals surface area contributed by atoms with Crippen molar-refractivity contribution in [2.45, 2.75) is 6.61 Å². The van der Waals surface area contributed by atoms with Crippen LogP contribution in [0.1, 0.15) is 16.3 Å². The molecule has 0 aliphatic heterocycles. The van der Waals surface area contributed by atoms with Gasteiger partial charge in [-0.3, -0.25) is 4.79 Å². The molecule has 2 rings (SSSR count). The van der Waals surface area contributed by atoms with Crippen LogP contribution in [0.5, 0.6) is 5.75 Å². The number of carbonyl (C=O) groups excluding carboxylic acids is 2. The maximum absolute atomic E-state index is 12.7. The molecule has 0 aliphatic rings. The molecule has 0 atom stereocenters. The fourth-order valence-electron chi connectivity index (χ4n) is 1.52. The molecule has 0 saturated carbocycles. The first-order valence-electron chi connectivity index (χ1n) is 6.43. The van der Waals surface area contributed by atoms with E-state index in [1.165, 1.54) is 37.4 Å². The summed E-state index contributed by atoms with van der Waals surface area (Å²) in [6.07, 6.45) is 0. The Labute approximate surface area is 125 Å². The van der Waals surface area contributed by atoms with Gasteiger partial charge in [-0.2, -0.15) is 0 Å². The number of rotatable bonds is 6. The summed E-state index contributed by atoms with van der Waals surface area (Å²) in [5, 5.41) is 2.33. The maximum atomic E-state index is 12.7. The van der Waals surface area contributed by atoms with Gasteiger partial charge in [0, 0.05) is 7.05 Å². The third kappa shape index (κ3) is 4.34. The summed E-state index contributed by atoms with van der Waals surface area (Å²) < 4.78 is 28.1. The minimum absolute atomic E-state index is 0.0263. The van der Waals surface area contributed by atoms with E-state index >= 15 is 0 Å². The van der Waals surface area contributed by atoms with E-state index in [0.29, 0.717) is 11.5 Å². The van der Waals surface area contributed by atoms with E-state index in [1.54, 1.807) is 6.07 Å². The summed E-state index contributed by atoms with van der Waals surface area (Å²) >= 11 is 0. The average molecular weight is 307 g/mol. The number of likely N-dealkylation sites (N-methyl/N-ethyl adjacent to an activating group) is 1. The highest BCUT2D eigenvalue weighted by molar-refractivity contribution is 5.88. The van der Waals surface area contributed by atoms with E-state index in [9.17, 15) is 14.0 Å². The number of benzene rings is 1.